The molecule has 0 bridgehead atoms. The van der Waals surface area contributed by atoms with Gasteiger partial charge in [-0.2, -0.15) is 0 Å². The van der Waals surface area contributed by atoms with Gasteiger partial charge in [0.1, 0.15) is 11.3 Å². The number of pyridine rings is 1. The van der Waals surface area contributed by atoms with Crippen LogP contribution >= 0.6 is 0 Å². The molecule has 5 heteroatoms. The van der Waals surface area contributed by atoms with Gasteiger partial charge in [0.2, 0.25) is 0 Å². The monoisotopic (exact) mass is 233 g/mol. The van der Waals surface area contributed by atoms with Crippen LogP contribution in [0, 0.1) is 6.92 Å². The minimum Gasteiger partial charge on any atom is -0.477 e. The summed E-state index contributed by atoms with van der Waals surface area (Å²) in [5.41, 5.74) is -0.0625. The van der Waals surface area contributed by atoms with Crippen molar-refractivity contribution in [3.8, 4) is 0 Å². The first-order chi connectivity index (χ1) is 8.09. The van der Waals surface area contributed by atoms with Crippen LogP contribution in [0.25, 0.3) is 0 Å². The van der Waals surface area contributed by atoms with Gasteiger partial charge in [0.15, 0.2) is 0 Å². The molecule has 0 saturated carbocycles. The summed E-state index contributed by atoms with van der Waals surface area (Å²) in [4.78, 5) is 22.7. The molecule has 17 heavy (non-hydrogen) atoms. The first kappa shape index (κ1) is 11.2. The molecule has 5 nitrogen and oxygen atoms in total. The van der Waals surface area contributed by atoms with E-state index in [0.717, 1.165) is 0 Å². The molecular formula is C12H11NO4. The Morgan fingerprint density at radius 1 is 1.41 bits per heavy atom. The highest BCUT2D eigenvalue weighted by atomic mass is 16.4. The van der Waals surface area contributed by atoms with E-state index in [1.54, 1.807) is 25.1 Å². The predicted molar refractivity (Wildman–Crippen MR) is 60.2 cm³/mol. The van der Waals surface area contributed by atoms with E-state index in [9.17, 15) is 9.59 Å². The van der Waals surface area contributed by atoms with E-state index < -0.39 is 11.5 Å². The van der Waals surface area contributed by atoms with Crippen molar-refractivity contribution >= 4 is 5.97 Å². The first-order valence-electron chi connectivity index (χ1n) is 5.05. The largest absolute Gasteiger partial charge is 0.477 e. The lowest BCUT2D eigenvalue weighted by atomic mass is 10.2. The molecule has 2 aromatic rings. The third-order valence-corrected chi connectivity index (χ3v) is 2.52. The van der Waals surface area contributed by atoms with Crippen LogP contribution in [-0.4, -0.2) is 15.6 Å². The van der Waals surface area contributed by atoms with Crippen LogP contribution in [0.4, 0.5) is 0 Å². The van der Waals surface area contributed by atoms with Crippen LogP contribution in [0.3, 0.4) is 0 Å². The third kappa shape index (κ3) is 2.13. The number of aromatic nitrogens is 1. The highest BCUT2D eigenvalue weighted by molar-refractivity contribution is 5.87. The maximum absolute atomic E-state index is 11.9. The summed E-state index contributed by atoms with van der Waals surface area (Å²) in [5, 5.41) is 8.87. The molecule has 0 radical (unpaired) electrons. The molecule has 0 aliphatic heterocycles. The zero-order valence-electron chi connectivity index (χ0n) is 9.21. The van der Waals surface area contributed by atoms with Crippen molar-refractivity contribution in [3.05, 3.63) is 57.9 Å². The molecule has 0 saturated heterocycles. The molecule has 0 atom stereocenters. The second-order valence-electron chi connectivity index (χ2n) is 3.66. The lowest BCUT2D eigenvalue weighted by molar-refractivity contribution is 0.0694. The third-order valence-electron chi connectivity index (χ3n) is 2.52. The average Bonchev–Trinajstić information content (AvgIpc) is 2.76. The molecule has 0 amide bonds. The van der Waals surface area contributed by atoms with E-state index >= 15 is 0 Å². The van der Waals surface area contributed by atoms with E-state index in [0.29, 0.717) is 11.5 Å². The Bertz CT molecular complexity index is 595. The van der Waals surface area contributed by atoms with Gasteiger partial charge in [-0.05, 0) is 31.2 Å². The summed E-state index contributed by atoms with van der Waals surface area (Å²) in [7, 11) is 0. The van der Waals surface area contributed by atoms with Crippen LogP contribution in [0.5, 0.6) is 0 Å². The molecule has 0 fully saturated rings. The Hall–Kier alpha value is -2.30. The molecule has 0 spiro atoms. The van der Waals surface area contributed by atoms with Crippen LogP contribution in [0.2, 0.25) is 0 Å². The van der Waals surface area contributed by atoms with Gasteiger partial charge >= 0.3 is 5.97 Å². The van der Waals surface area contributed by atoms with Gasteiger partial charge in [-0.15, -0.1) is 0 Å². The molecule has 2 heterocycles. The molecule has 2 aromatic heterocycles. The van der Waals surface area contributed by atoms with Crippen molar-refractivity contribution in [2.24, 2.45) is 0 Å². The minimum atomic E-state index is -1.22. The van der Waals surface area contributed by atoms with E-state index in [1.807, 2.05) is 0 Å². The first-order valence-corrected chi connectivity index (χ1v) is 5.05. The van der Waals surface area contributed by atoms with E-state index in [2.05, 4.69) is 0 Å². The standard InChI is InChI=1S/C12H11NO4/c1-8-4-5-10(12(15)16)11(14)13(8)7-9-3-2-6-17-9/h2-6H,7H2,1H3,(H,15,16). The molecular weight excluding hydrogens is 222 g/mol. The fraction of sp³-hybridized carbons (Fsp3) is 0.167. The van der Waals surface area contributed by atoms with Crippen molar-refractivity contribution in [1.29, 1.82) is 0 Å². The van der Waals surface area contributed by atoms with E-state index in [-0.39, 0.29) is 12.1 Å². The average molecular weight is 233 g/mol. The Labute approximate surface area is 96.9 Å². The van der Waals surface area contributed by atoms with Crippen molar-refractivity contribution in [2.75, 3.05) is 0 Å². The summed E-state index contributed by atoms with van der Waals surface area (Å²) in [6.45, 7) is 1.98. The maximum atomic E-state index is 11.9. The lowest BCUT2D eigenvalue weighted by Gasteiger charge is -2.08. The molecule has 2 rings (SSSR count). The van der Waals surface area contributed by atoms with Gasteiger partial charge in [0.05, 0.1) is 12.8 Å². The predicted octanol–water partition coefficient (Wildman–Crippen LogP) is 1.50. The smallest absolute Gasteiger partial charge is 0.341 e. The van der Waals surface area contributed by atoms with Crippen molar-refractivity contribution in [3.63, 3.8) is 0 Å². The number of carbonyl (C=O) groups is 1. The molecule has 0 aliphatic rings. The zero-order chi connectivity index (χ0) is 12.4. The quantitative estimate of drug-likeness (QED) is 0.871. The van der Waals surface area contributed by atoms with Crippen LogP contribution in [0.1, 0.15) is 21.8 Å². The number of carboxylic acid groups (broad SMARTS) is 1. The van der Waals surface area contributed by atoms with Gasteiger partial charge in [-0.25, -0.2) is 4.79 Å². The summed E-state index contributed by atoms with van der Waals surface area (Å²) < 4.78 is 6.52. The van der Waals surface area contributed by atoms with Gasteiger partial charge in [0.25, 0.3) is 5.56 Å². The van der Waals surface area contributed by atoms with Gasteiger partial charge in [0, 0.05) is 5.69 Å². The molecule has 0 aliphatic carbocycles. The second-order valence-corrected chi connectivity index (χ2v) is 3.66. The number of carboxylic acids is 1. The van der Waals surface area contributed by atoms with Crippen LogP contribution in [-0.2, 0) is 6.54 Å². The van der Waals surface area contributed by atoms with Crippen LogP contribution < -0.4 is 5.56 Å². The number of rotatable bonds is 3. The van der Waals surface area contributed by atoms with Gasteiger partial charge in [-0.3, -0.25) is 4.79 Å². The lowest BCUT2D eigenvalue weighted by Crippen LogP contribution is -2.28. The summed E-state index contributed by atoms with van der Waals surface area (Å²) >= 11 is 0. The second kappa shape index (κ2) is 4.29. The Morgan fingerprint density at radius 2 is 2.18 bits per heavy atom. The van der Waals surface area contributed by atoms with E-state index in [1.165, 1.54) is 16.9 Å². The number of nitrogens with zero attached hydrogens (tertiary/aromatic N) is 1. The maximum Gasteiger partial charge on any atom is 0.341 e. The summed E-state index contributed by atoms with van der Waals surface area (Å²) in [6.07, 6.45) is 1.51. The number of hydrogen-bond donors (Lipinski definition) is 1. The number of hydrogen-bond acceptors (Lipinski definition) is 3. The zero-order valence-corrected chi connectivity index (χ0v) is 9.21. The van der Waals surface area contributed by atoms with Crippen LogP contribution in [0.15, 0.2) is 39.7 Å². The van der Waals surface area contributed by atoms with Crippen molar-refractivity contribution < 1.29 is 14.3 Å². The Kier molecular flexibility index (Phi) is 2.82. The molecule has 0 aromatic carbocycles. The normalized spacial score (nSPS) is 10.4. The molecule has 1 N–H and O–H groups in total. The van der Waals surface area contributed by atoms with E-state index in [4.69, 9.17) is 9.52 Å². The topological polar surface area (TPSA) is 72.4 Å². The highest BCUT2D eigenvalue weighted by Gasteiger charge is 2.13. The van der Waals surface area contributed by atoms with Gasteiger partial charge in [-0.1, -0.05) is 0 Å². The highest BCUT2D eigenvalue weighted by Crippen LogP contribution is 2.05. The SMILES string of the molecule is Cc1ccc(C(=O)O)c(=O)n1Cc1ccco1. The van der Waals surface area contributed by atoms with Gasteiger partial charge < -0.3 is 14.1 Å². The fourth-order valence-electron chi connectivity index (χ4n) is 1.59. The van der Waals surface area contributed by atoms with Crippen molar-refractivity contribution in [2.45, 2.75) is 13.5 Å². The Morgan fingerprint density at radius 3 is 2.76 bits per heavy atom. The molecule has 88 valence electrons. The fourth-order valence-corrected chi connectivity index (χ4v) is 1.59. The molecule has 0 unspecified atom stereocenters. The number of furan rings is 1. The van der Waals surface area contributed by atoms with Crippen molar-refractivity contribution in [1.82, 2.24) is 4.57 Å². The summed E-state index contributed by atoms with van der Waals surface area (Å²) in [6, 6.07) is 6.38. The number of aromatic carboxylic acids is 1. The summed E-state index contributed by atoms with van der Waals surface area (Å²) in [5.74, 6) is -0.610. The Balaban J connectivity index is 2.49. The minimum absolute atomic E-state index is 0.234. The number of aryl methyl sites for hydroxylation is 1.